The second kappa shape index (κ2) is 7.55. The number of rotatable bonds is 4. The van der Waals surface area contributed by atoms with Gasteiger partial charge in [-0.1, -0.05) is 6.07 Å². The Labute approximate surface area is 148 Å². The SMILES string of the molecule is O=C(/C=C/c1ccccn1)N[C@@H]1CCN(c2ccc(C(F)(F)F)cn2)C1. The molecule has 2 aromatic heterocycles. The molecule has 1 N–H and O–H groups in total. The normalized spacial score (nSPS) is 17.7. The number of nitrogens with one attached hydrogen (secondary N) is 1. The van der Waals surface area contributed by atoms with Crippen molar-refractivity contribution in [2.24, 2.45) is 0 Å². The smallest absolute Gasteiger partial charge is 0.354 e. The Balaban J connectivity index is 1.53. The molecule has 5 nitrogen and oxygen atoms in total. The van der Waals surface area contributed by atoms with Crippen molar-refractivity contribution in [2.45, 2.75) is 18.6 Å². The molecule has 3 heterocycles. The molecule has 1 amide bonds. The number of alkyl halides is 3. The van der Waals surface area contributed by atoms with Crippen molar-refractivity contribution in [1.82, 2.24) is 15.3 Å². The molecule has 1 saturated heterocycles. The maximum atomic E-state index is 12.6. The van der Waals surface area contributed by atoms with E-state index in [4.69, 9.17) is 0 Å². The fraction of sp³-hybridized carbons (Fsp3) is 0.278. The number of amides is 1. The molecular weight excluding hydrogens is 345 g/mol. The summed E-state index contributed by atoms with van der Waals surface area (Å²) in [7, 11) is 0. The lowest BCUT2D eigenvalue weighted by molar-refractivity contribution is -0.137. The summed E-state index contributed by atoms with van der Waals surface area (Å²) in [6.07, 6.45) is 1.82. The molecule has 136 valence electrons. The molecule has 26 heavy (non-hydrogen) atoms. The summed E-state index contributed by atoms with van der Waals surface area (Å²) in [6, 6.07) is 7.70. The van der Waals surface area contributed by atoms with Gasteiger partial charge in [-0.25, -0.2) is 4.98 Å². The van der Waals surface area contributed by atoms with E-state index >= 15 is 0 Å². The Hall–Kier alpha value is -2.90. The zero-order chi connectivity index (χ0) is 18.6. The summed E-state index contributed by atoms with van der Waals surface area (Å²) in [4.78, 5) is 21.8. The molecule has 0 saturated carbocycles. The highest BCUT2D eigenvalue weighted by Gasteiger charge is 2.31. The minimum atomic E-state index is -4.40. The maximum Gasteiger partial charge on any atom is 0.417 e. The number of nitrogens with zero attached hydrogens (tertiary/aromatic N) is 3. The van der Waals surface area contributed by atoms with Crippen molar-refractivity contribution >= 4 is 17.8 Å². The predicted molar refractivity (Wildman–Crippen MR) is 91.3 cm³/mol. The van der Waals surface area contributed by atoms with Crippen LogP contribution in [0.3, 0.4) is 0 Å². The van der Waals surface area contributed by atoms with E-state index in [1.807, 2.05) is 11.0 Å². The zero-order valence-electron chi connectivity index (χ0n) is 13.8. The van der Waals surface area contributed by atoms with Gasteiger partial charge in [-0.05, 0) is 36.8 Å². The van der Waals surface area contributed by atoms with Crippen molar-refractivity contribution in [3.05, 3.63) is 60.1 Å². The first-order valence-corrected chi connectivity index (χ1v) is 8.09. The van der Waals surface area contributed by atoms with Crippen LogP contribution in [0.15, 0.2) is 48.8 Å². The van der Waals surface area contributed by atoms with Crippen LogP contribution in [0.25, 0.3) is 6.08 Å². The molecule has 1 fully saturated rings. The number of anilines is 1. The number of hydrogen-bond acceptors (Lipinski definition) is 4. The van der Waals surface area contributed by atoms with Gasteiger partial charge in [0.15, 0.2) is 0 Å². The third-order valence-corrected chi connectivity index (χ3v) is 4.03. The lowest BCUT2D eigenvalue weighted by atomic mass is 10.2. The van der Waals surface area contributed by atoms with Crippen LogP contribution in [0.4, 0.5) is 19.0 Å². The van der Waals surface area contributed by atoms with Gasteiger partial charge >= 0.3 is 6.18 Å². The number of pyridine rings is 2. The molecule has 0 unspecified atom stereocenters. The van der Waals surface area contributed by atoms with Crippen molar-refractivity contribution in [3.8, 4) is 0 Å². The summed E-state index contributed by atoms with van der Waals surface area (Å²) in [5, 5.41) is 2.88. The first kappa shape index (κ1) is 17.9. The van der Waals surface area contributed by atoms with Crippen LogP contribution in [0.5, 0.6) is 0 Å². The average molecular weight is 362 g/mol. The van der Waals surface area contributed by atoms with E-state index < -0.39 is 11.7 Å². The molecule has 0 spiro atoms. The Morgan fingerprint density at radius 2 is 2.08 bits per heavy atom. The fourth-order valence-corrected chi connectivity index (χ4v) is 2.71. The minimum Gasteiger partial charge on any atom is -0.354 e. The number of carbonyl (C=O) groups excluding carboxylic acids is 1. The van der Waals surface area contributed by atoms with Crippen LogP contribution in [-0.4, -0.2) is 35.0 Å². The van der Waals surface area contributed by atoms with Gasteiger partial charge in [-0.15, -0.1) is 0 Å². The molecule has 2 aromatic rings. The van der Waals surface area contributed by atoms with Crippen LogP contribution >= 0.6 is 0 Å². The maximum absolute atomic E-state index is 12.6. The first-order chi connectivity index (χ1) is 12.4. The highest BCUT2D eigenvalue weighted by molar-refractivity contribution is 5.91. The van der Waals surface area contributed by atoms with Crippen molar-refractivity contribution in [2.75, 3.05) is 18.0 Å². The fourth-order valence-electron chi connectivity index (χ4n) is 2.71. The van der Waals surface area contributed by atoms with E-state index in [0.29, 0.717) is 31.0 Å². The lowest BCUT2D eigenvalue weighted by Crippen LogP contribution is -2.36. The van der Waals surface area contributed by atoms with Crippen molar-refractivity contribution in [1.29, 1.82) is 0 Å². The highest BCUT2D eigenvalue weighted by atomic mass is 19.4. The van der Waals surface area contributed by atoms with Gasteiger partial charge in [0.2, 0.25) is 5.91 Å². The monoisotopic (exact) mass is 362 g/mol. The van der Waals surface area contributed by atoms with Crippen molar-refractivity contribution in [3.63, 3.8) is 0 Å². The van der Waals surface area contributed by atoms with E-state index in [9.17, 15) is 18.0 Å². The molecule has 0 bridgehead atoms. The van der Waals surface area contributed by atoms with Crippen LogP contribution in [0.2, 0.25) is 0 Å². The predicted octanol–water partition coefficient (Wildman–Crippen LogP) is 2.90. The van der Waals surface area contributed by atoms with Gasteiger partial charge < -0.3 is 10.2 Å². The van der Waals surface area contributed by atoms with Gasteiger partial charge in [-0.2, -0.15) is 13.2 Å². The largest absolute Gasteiger partial charge is 0.417 e. The molecule has 0 aromatic carbocycles. The van der Waals surface area contributed by atoms with E-state index in [1.54, 1.807) is 24.4 Å². The van der Waals surface area contributed by atoms with E-state index in [1.165, 1.54) is 12.1 Å². The molecule has 0 aliphatic carbocycles. The van der Waals surface area contributed by atoms with Gasteiger partial charge in [-0.3, -0.25) is 9.78 Å². The Morgan fingerprint density at radius 3 is 2.73 bits per heavy atom. The summed E-state index contributed by atoms with van der Waals surface area (Å²) >= 11 is 0. The highest BCUT2D eigenvalue weighted by Crippen LogP contribution is 2.29. The molecule has 3 rings (SSSR count). The Bertz CT molecular complexity index is 775. The van der Waals surface area contributed by atoms with Crippen LogP contribution in [0.1, 0.15) is 17.7 Å². The number of hydrogen-bond donors (Lipinski definition) is 1. The molecule has 8 heteroatoms. The molecule has 1 atom stereocenters. The topological polar surface area (TPSA) is 58.1 Å². The second-order valence-corrected chi connectivity index (χ2v) is 5.93. The summed E-state index contributed by atoms with van der Waals surface area (Å²) < 4.78 is 37.8. The minimum absolute atomic E-state index is 0.0834. The van der Waals surface area contributed by atoms with Crippen LogP contribution in [-0.2, 0) is 11.0 Å². The van der Waals surface area contributed by atoms with Crippen LogP contribution in [0, 0.1) is 0 Å². The first-order valence-electron chi connectivity index (χ1n) is 8.09. The quantitative estimate of drug-likeness (QED) is 0.850. The van der Waals surface area contributed by atoms with Gasteiger partial charge in [0.1, 0.15) is 5.82 Å². The third kappa shape index (κ3) is 4.59. The number of carbonyl (C=O) groups is 1. The van der Waals surface area contributed by atoms with Crippen molar-refractivity contribution < 1.29 is 18.0 Å². The lowest BCUT2D eigenvalue weighted by Gasteiger charge is -2.18. The molecule has 0 radical (unpaired) electrons. The molecule has 1 aliphatic heterocycles. The number of halogens is 3. The molecular formula is C18H17F3N4O. The van der Waals surface area contributed by atoms with Gasteiger partial charge in [0, 0.05) is 37.6 Å². The average Bonchev–Trinajstić information content (AvgIpc) is 3.09. The van der Waals surface area contributed by atoms with E-state index in [0.717, 1.165) is 12.3 Å². The van der Waals surface area contributed by atoms with E-state index in [-0.39, 0.29) is 11.9 Å². The summed E-state index contributed by atoms with van der Waals surface area (Å²) in [6.45, 7) is 1.12. The zero-order valence-corrected chi connectivity index (χ0v) is 13.8. The van der Waals surface area contributed by atoms with E-state index in [2.05, 4.69) is 15.3 Å². The second-order valence-electron chi connectivity index (χ2n) is 5.93. The van der Waals surface area contributed by atoms with Gasteiger partial charge in [0.05, 0.1) is 11.3 Å². The summed E-state index contributed by atoms with van der Waals surface area (Å²) in [5.74, 6) is 0.238. The standard InChI is InChI=1S/C18H17F3N4O/c19-18(20,21)13-4-6-16(23-11-13)25-10-8-15(12-25)24-17(26)7-5-14-3-1-2-9-22-14/h1-7,9,11,15H,8,10,12H2,(H,24,26)/b7-5+/t15-/m1/s1. The molecule has 1 aliphatic rings. The van der Waals surface area contributed by atoms with Gasteiger partial charge in [0.25, 0.3) is 0 Å². The Kier molecular flexibility index (Phi) is 5.20. The Morgan fingerprint density at radius 1 is 1.23 bits per heavy atom. The van der Waals surface area contributed by atoms with Crippen LogP contribution < -0.4 is 10.2 Å². The third-order valence-electron chi connectivity index (χ3n) is 4.03. The number of aromatic nitrogens is 2. The summed E-state index contributed by atoms with van der Waals surface area (Å²) in [5.41, 5.74) is -0.0883.